The van der Waals surface area contributed by atoms with E-state index in [0.29, 0.717) is 63.2 Å². The predicted molar refractivity (Wildman–Crippen MR) is 162 cm³/mol. The van der Waals surface area contributed by atoms with Crippen molar-refractivity contribution in [1.29, 1.82) is 0 Å². The van der Waals surface area contributed by atoms with Crippen LogP contribution in [0.2, 0.25) is 0 Å². The summed E-state index contributed by atoms with van der Waals surface area (Å²) in [5.41, 5.74) is 3.33. The molecule has 12 heteroatoms. The third kappa shape index (κ3) is 4.89. The van der Waals surface area contributed by atoms with Gasteiger partial charge in [0.25, 0.3) is 6.43 Å². The van der Waals surface area contributed by atoms with Crippen LogP contribution in [0, 0.1) is 6.92 Å². The van der Waals surface area contributed by atoms with Crippen LogP contribution in [-0.2, 0) is 26.3 Å². The van der Waals surface area contributed by atoms with Crippen molar-refractivity contribution >= 4 is 17.4 Å². The summed E-state index contributed by atoms with van der Waals surface area (Å²) < 4.78 is 43.2. The minimum atomic E-state index is -2.62. The maximum absolute atomic E-state index is 14.5. The van der Waals surface area contributed by atoms with Gasteiger partial charge in [-0.1, -0.05) is 6.58 Å². The van der Waals surface area contributed by atoms with Crippen LogP contribution in [0.5, 0.6) is 0 Å². The number of piperazine rings is 1. The van der Waals surface area contributed by atoms with E-state index in [9.17, 15) is 13.6 Å². The third-order valence-corrected chi connectivity index (χ3v) is 10.6. The van der Waals surface area contributed by atoms with E-state index in [2.05, 4.69) is 49.0 Å². The van der Waals surface area contributed by atoms with Gasteiger partial charge in [-0.25, -0.2) is 13.8 Å². The Labute approximate surface area is 257 Å². The van der Waals surface area contributed by atoms with Gasteiger partial charge in [0.1, 0.15) is 17.1 Å². The van der Waals surface area contributed by atoms with Gasteiger partial charge in [-0.2, -0.15) is 5.10 Å². The Kier molecular flexibility index (Phi) is 7.86. The van der Waals surface area contributed by atoms with E-state index in [4.69, 9.17) is 9.47 Å². The number of aryl methyl sites for hydroxylation is 1. The number of aromatic nitrogens is 3. The first-order chi connectivity index (χ1) is 21.3. The average molecular weight is 612 g/mol. The zero-order valence-electron chi connectivity index (χ0n) is 25.8. The van der Waals surface area contributed by atoms with Gasteiger partial charge >= 0.3 is 0 Å². The number of nitrogens with zero attached hydrogens (tertiary/aromatic N) is 7. The predicted octanol–water partition coefficient (Wildman–Crippen LogP) is 3.46. The van der Waals surface area contributed by atoms with Crippen LogP contribution in [0.25, 0.3) is 0 Å². The third-order valence-electron chi connectivity index (χ3n) is 10.6. The fourth-order valence-corrected chi connectivity index (χ4v) is 8.30. The molecule has 0 N–H and O–H groups in total. The number of methoxy groups -OCH3 is 1. The second-order valence-electron chi connectivity index (χ2n) is 12.9. The molecule has 0 aromatic carbocycles. The molecule has 1 spiro atoms. The number of halogens is 2. The van der Waals surface area contributed by atoms with Crippen molar-refractivity contribution < 1.29 is 23.0 Å². The molecule has 7 heterocycles. The van der Waals surface area contributed by atoms with Crippen molar-refractivity contribution in [3.05, 3.63) is 47.4 Å². The highest BCUT2D eigenvalue weighted by atomic mass is 19.3. The Balaban J connectivity index is 1.10. The molecule has 5 aliphatic heterocycles. The number of carbonyl (C=O) groups is 1. The number of carbonyl (C=O) groups excluding carboxylic acids is 1. The van der Waals surface area contributed by atoms with Crippen molar-refractivity contribution in [3.63, 3.8) is 0 Å². The maximum Gasteiger partial charge on any atom is 0.280 e. The van der Waals surface area contributed by atoms with Crippen LogP contribution in [-0.4, -0.2) is 109 Å². The number of fused-ring (bicyclic) bond motifs is 5. The molecule has 0 aliphatic carbocycles. The Morgan fingerprint density at radius 3 is 2.68 bits per heavy atom. The highest BCUT2D eigenvalue weighted by molar-refractivity contribution is 5.87. The first kappa shape index (κ1) is 29.6. The van der Waals surface area contributed by atoms with E-state index in [1.165, 1.54) is 6.08 Å². The molecule has 3 fully saturated rings. The Morgan fingerprint density at radius 2 is 1.98 bits per heavy atom. The molecule has 0 unspecified atom stereocenters. The van der Waals surface area contributed by atoms with E-state index in [1.807, 2.05) is 11.1 Å². The number of alkyl halides is 2. The molecule has 1 amide bonds. The maximum atomic E-state index is 14.5. The molecule has 0 saturated carbocycles. The van der Waals surface area contributed by atoms with Crippen LogP contribution < -0.4 is 9.80 Å². The summed E-state index contributed by atoms with van der Waals surface area (Å²) in [6.07, 6.45) is 4.57. The molecule has 238 valence electrons. The highest BCUT2D eigenvalue weighted by Gasteiger charge is 2.48. The highest BCUT2D eigenvalue weighted by Crippen LogP contribution is 2.46. The molecule has 0 radical (unpaired) electrons. The number of pyridine rings is 1. The summed E-state index contributed by atoms with van der Waals surface area (Å²) in [6.45, 7) is 11.9. The fraction of sp³-hybridized carbons (Fsp3) is 0.656. The lowest BCUT2D eigenvalue weighted by Gasteiger charge is -2.55. The smallest absolute Gasteiger partial charge is 0.280 e. The molecule has 0 bridgehead atoms. The number of piperidine rings is 1. The summed E-state index contributed by atoms with van der Waals surface area (Å²) in [6, 6.07) is 2.75. The summed E-state index contributed by atoms with van der Waals surface area (Å²) in [5.74, 6) is 0.616. The number of anilines is 2. The van der Waals surface area contributed by atoms with Crippen molar-refractivity contribution in [2.24, 2.45) is 0 Å². The second-order valence-corrected chi connectivity index (χ2v) is 12.9. The summed E-state index contributed by atoms with van der Waals surface area (Å²) in [4.78, 5) is 25.5. The molecule has 44 heavy (non-hydrogen) atoms. The van der Waals surface area contributed by atoms with E-state index in [-0.39, 0.29) is 23.7 Å². The average Bonchev–Trinajstić information content (AvgIpc) is 3.37. The van der Waals surface area contributed by atoms with Gasteiger partial charge in [-0.3, -0.25) is 14.4 Å². The van der Waals surface area contributed by atoms with Gasteiger partial charge in [0, 0.05) is 82.3 Å². The quantitative estimate of drug-likeness (QED) is 0.460. The van der Waals surface area contributed by atoms with Crippen LogP contribution >= 0.6 is 0 Å². The Bertz CT molecular complexity index is 1400. The lowest BCUT2D eigenvalue weighted by molar-refractivity contribution is -0.128. The van der Waals surface area contributed by atoms with Gasteiger partial charge in [-0.05, 0) is 50.7 Å². The normalized spacial score (nSPS) is 26.6. The van der Waals surface area contributed by atoms with Crippen LogP contribution in [0.15, 0.2) is 24.9 Å². The molecule has 10 nitrogen and oxygen atoms in total. The van der Waals surface area contributed by atoms with Gasteiger partial charge < -0.3 is 24.2 Å². The summed E-state index contributed by atoms with van der Waals surface area (Å²) in [7, 11) is 1.69. The SMILES string of the molecule is C=CC(=O)N1CCN([C@@H]2CN3c4cc(N5CCC6(CC5)OC[C@@H](COC)n5ncc(C)c56)nc(C(F)F)c4CCC[C@@H]23)CC1. The largest absolute Gasteiger partial charge is 0.382 e. The van der Waals surface area contributed by atoms with Gasteiger partial charge in [0.2, 0.25) is 5.91 Å². The number of hydrogen-bond acceptors (Lipinski definition) is 8. The lowest BCUT2D eigenvalue weighted by Crippen LogP contribution is -2.69. The molecule has 2 aromatic heterocycles. The van der Waals surface area contributed by atoms with E-state index in [1.54, 1.807) is 7.11 Å². The van der Waals surface area contributed by atoms with Crippen LogP contribution in [0.3, 0.4) is 0 Å². The molecule has 5 aliphatic rings. The number of rotatable bonds is 6. The molecular weight excluding hydrogens is 568 g/mol. The van der Waals surface area contributed by atoms with Crippen molar-refractivity contribution in [2.45, 2.75) is 69.2 Å². The van der Waals surface area contributed by atoms with Crippen molar-refractivity contribution in [3.8, 4) is 0 Å². The van der Waals surface area contributed by atoms with Crippen molar-refractivity contribution in [1.82, 2.24) is 24.6 Å². The van der Waals surface area contributed by atoms with Gasteiger partial charge in [0.15, 0.2) is 0 Å². The molecule has 3 saturated heterocycles. The number of amides is 1. The van der Waals surface area contributed by atoms with E-state index >= 15 is 0 Å². The van der Waals surface area contributed by atoms with Gasteiger partial charge in [-0.15, -0.1) is 0 Å². The zero-order chi connectivity index (χ0) is 30.6. The molecular formula is C32H43F2N7O3. The van der Waals surface area contributed by atoms with Crippen LogP contribution in [0.1, 0.15) is 60.7 Å². The second kappa shape index (κ2) is 11.7. The monoisotopic (exact) mass is 611 g/mol. The van der Waals surface area contributed by atoms with E-state index in [0.717, 1.165) is 62.3 Å². The fourth-order valence-electron chi connectivity index (χ4n) is 8.30. The first-order valence-corrected chi connectivity index (χ1v) is 16.0. The Morgan fingerprint density at radius 1 is 1.20 bits per heavy atom. The van der Waals surface area contributed by atoms with Gasteiger partial charge in [0.05, 0.1) is 31.1 Å². The zero-order valence-corrected chi connectivity index (χ0v) is 25.8. The topological polar surface area (TPSA) is 79.2 Å². The number of ether oxygens (including phenoxy) is 2. The molecule has 3 atom stereocenters. The Hall–Kier alpha value is -3.09. The minimum absolute atomic E-state index is 0.0161. The van der Waals surface area contributed by atoms with Crippen molar-refractivity contribution in [2.75, 3.05) is 75.9 Å². The van der Waals surface area contributed by atoms with E-state index < -0.39 is 12.0 Å². The molecule has 2 aromatic rings. The lowest BCUT2D eigenvalue weighted by atomic mass is 9.84. The molecule has 7 rings (SSSR count). The van der Waals surface area contributed by atoms with Crippen LogP contribution in [0.4, 0.5) is 20.3 Å². The number of hydrogen-bond donors (Lipinski definition) is 0. The minimum Gasteiger partial charge on any atom is -0.382 e. The summed E-state index contributed by atoms with van der Waals surface area (Å²) >= 11 is 0. The first-order valence-electron chi connectivity index (χ1n) is 16.0. The standard InChI is InChI=1S/C32H43F2N7O3/c1-4-28(42)39-14-12-37(13-15-39)26-18-40-24(26)7-5-6-23-25(40)16-27(36-29(23)31(33)34)38-10-8-32(9-11-38)30-21(2)17-35-41(30)22(19-43-3)20-44-32/h4,16-17,22,24,26,31H,1,5-15,18-20H2,2-3H3/t22-,24+,26-/m1/s1. The summed E-state index contributed by atoms with van der Waals surface area (Å²) in [5, 5.41) is 4.67.